The second kappa shape index (κ2) is 5.73. The standard InChI is InChI=1S/C13H18N2O3/c1-3-15(2)9-13(16)14-10-4-5-11-12(8-10)18-7-6-17-11/h4-5,8H,3,6-7,9H2,1-2H3,(H,14,16). The smallest absolute Gasteiger partial charge is 0.238 e. The molecule has 0 aromatic heterocycles. The summed E-state index contributed by atoms with van der Waals surface area (Å²) >= 11 is 0. The zero-order chi connectivity index (χ0) is 13.0. The molecule has 0 saturated carbocycles. The number of rotatable bonds is 4. The normalized spacial score (nSPS) is 13.5. The summed E-state index contributed by atoms with van der Waals surface area (Å²) in [5.74, 6) is 1.38. The summed E-state index contributed by atoms with van der Waals surface area (Å²) < 4.78 is 10.9. The second-order valence-electron chi connectivity index (χ2n) is 4.24. The molecule has 2 rings (SSSR count). The number of ether oxygens (including phenoxy) is 2. The number of nitrogens with one attached hydrogen (secondary N) is 1. The lowest BCUT2D eigenvalue weighted by atomic mass is 10.2. The van der Waals surface area contributed by atoms with Crippen molar-refractivity contribution in [2.75, 3.05) is 38.7 Å². The topological polar surface area (TPSA) is 50.8 Å². The van der Waals surface area contributed by atoms with E-state index in [2.05, 4.69) is 5.32 Å². The maximum Gasteiger partial charge on any atom is 0.238 e. The van der Waals surface area contributed by atoms with Gasteiger partial charge in [0.2, 0.25) is 5.91 Å². The molecule has 0 saturated heterocycles. The third-order valence-corrected chi connectivity index (χ3v) is 2.78. The first-order chi connectivity index (χ1) is 8.69. The fourth-order valence-corrected chi connectivity index (χ4v) is 1.68. The number of hydrogen-bond donors (Lipinski definition) is 1. The Morgan fingerprint density at radius 1 is 1.33 bits per heavy atom. The first-order valence-corrected chi connectivity index (χ1v) is 6.07. The molecule has 0 unspecified atom stereocenters. The van der Waals surface area contributed by atoms with Gasteiger partial charge in [0.15, 0.2) is 11.5 Å². The van der Waals surface area contributed by atoms with Crippen LogP contribution >= 0.6 is 0 Å². The van der Waals surface area contributed by atoms with Crippen LogP contribution in [0.4, 0.5) is 5.69 Å². The van der Waals surface area contributed by atoms with Gasteiger partial charge in [-0.25, -0.2) is 0 Å². The van der Waals surface area contributed by atoms with E-state index in [0.717, 1.165) is 18.0 Å². The third-order valence-electron chi connectivity index (χ3n) is 2.78. The summed E-state index contributed by atoms with van der Waals surface area (Å²) in [6.45, 7) is 4.35. The quantitative estimate of drug-likeness (QED) is 0.876. The predicted molar refractivity (Wildman–Crippen MR) is 69.2 cm³/mol. The van der Waals surface area contributed by atoms with Crippen LogP contribution in [0, 0.1) is 0 Å². The minimum atomic E-state index is -0.0315. The SMILES string of the molecule is CCN(C)CC(=O)Nc1ccc2c(c1)OCCO2. The van der Waals surface area contributed by atoms with Gasteiger partial charge in [0.1, 0.15) is 13.2 Å². The van der Waals surface area contributed by atoms with E-state index in [4.69, 9.17) is 9.47 Å². The number of hydrogen-bond acceptors (Lipinski definition) is 4. The van der Waals surface area contributed by atoms with E-state index in [1.807, 2.05) is 31.0 Å². The van der Waals surface area contributed by atoms with Crippen LogP contribution in [0.5, 0.6) is 11.5 Å². The lowest BCUT2D eigenvalue weighted by molar-refractivity contribution is -0.117. The fourth-order valence-electron chi connectivity index (χ4n) is 1.68. The molecule has 1 amide bonds. The van der Waals surface area contributed by atoms with Gasteiger partial charge in [-0.1, -0.05) is 6.92 Å². The van der Waals surface area contributed by atoms with Crippen molar-refractivity contribution in [1.29, 1.82) is 0 Å². The van der Waals surface area contributed by atoms with Gasteiger partial charge >= 0.3 is 0 Å². The van der Waals surface area contributed by atoms with E-state index in [9.17, 15) is 4.79 Å². The Labute approximate surface area is 107 Å². The van der Waals surface area contributed by atoms with Crippen LogP contribution in [0.2, 0.25) is 0 Å². The minimum absolute atomic E-state index is 0.0315. The Kier molecular flexibility index (Phi) is 4.04. The van der Waals surface area contributed by atoms with Crippen LogP contribution in [0.3, 0.4) is 0 Å². The number of nitrogens with zero attached hydrogens (tertiary/aromatic N) is 1. The van der Waals surface area contributed by atoms with Crippen molar-refractivity contribution >= 4 is 11.6 Å². The van der Waals surface area contributed by atoms with Crippen molar-refractivity contribution in [1.82, 2.24) is 4.90 Å². The van der Waals surface area contributed by atoms with Crippen molar-refractivity contribution in [2.45, 2.75) is 6.92 Å². The predicted octanol–water partition coefficient (Wildman–Crippen LogP) is 1.35. The van der Waals surface area contributed by atoms with Crippen LogP contribution in [-0.2, 0) is 4.79 Å². The Hall–Kier alpha value is -1.75. The van der Waals surface area contributed by atoms with Crippen LogP contribution in [-0.4, -0.2) is 44.2 Å². The van der Waals surface area contributed by atoms with Crippen molar-refractivity contribution in [2.24, 2.45) is 0 Å². The molecule has 0 spiro atoms. The van der Waals surface area contributed by atoms with Gasteiger partial charge in [-0.3, -0.25) is 9.69 Å². The third kappa shape index (κ3) is 3.13. The first-order valence-electron chi connectivity index (χ1n) is 6.07. The van der Waals surface area contributed by atoms with E-state index in [0.29, 0.717) is 25.5 Å². The average Bonchev–Trinajstić information content (AvgIpc) is 2.38. The summed E-state index contributed by atoms with van der Waals surface area (Å²) in [5, 5.41) is 2.84. The van der Waals surface area contributed by atoms with E-state index in [1.54, 1.807) is 6.07 Å². The lowest BCUT2D eigenvalue weighted by Crippen LogP contribution is -2.29. The van der Waals surface area contributed by atoms with Gasteiger partial charge in [-0.05, 0) is 25.7 Å². The van der Waals surface area contributed by atoms with Gasteiger partial charge in [-0.15, -0.1) is 0 Å². The highest BCUT2D eigenvalue weighted by molar-refractivity contribution is 5.92. The molecule has 0 atom stereocenters. The highest BCUT2D eigenvalue weighted by Gasteiger charge is 2.13. The molecule has 5 nitrogen and oxygen atoms in total. The first kappa shape index (κ1) is 12.7. The van der Waals surface area contributed by atoms with E-state index in [-0.39, 0.29) is 5.91 Å². The highest BCUT2D eigenvalue weighted by atomic mass is 16.6. The molecular formula is C13H18N2O3. The molecule has 0 bridgehead atoms. The van der Waals surface area contributed by atoms with Crippen LogP contribution in [0.25, 0.3) is 0 Å². The number of carbonyl (C=O) groups is 1. The number of anilines is 1. The zero-order valence-electron chi connectivity index (χ0n) is 10.7. The molecular weight excluding hydrogens is 232 g/mol. The number of benzene rings is 1. The van der Waals surface area contributed by atoms with Crippen LogP contribution in [0.1, 0.15) is 6.92 Å². The molecule has 5 heteroatoms. The van der Waals surface area contributed by atoms with Gasteiger partial charge in [0.05, 0.1) is 6.54 Å². The lowest BCUT2D eigenvalue weighted by Gasteiger charge is -2.19. The Balaban J connectivity index is 1.99. The molecule has 1 aromatic rings. The Morgan fingerprint density at radius 3 is 2.78 bits per heavy atom. The summed E-state index contributed by atoms with van der Waals surface area (Å²) in [6.07, 6.45) is 0. The van der Waals surface area contributed by atoms with Crippen molar-refractivity contribution in [3.05, 3.63) is 18.2 Å². The molecule has 1 heterocycles. The van der Waals surface area contributed by atoms with E-state index in [1.165, 1.54) is 0 Å². The van der Waals surface area contributed by atoms with E-state index < -0.39 is 0 Å². The maximum atomic E-state index is 11.7. The molecule has 1 aromatic carbocycles. The average molecular weight is 250 g/mol. The van der Waals surface area contributed by atoms with Gasteiger partial charge in [0.25, 0.3) is 0 Å². The van der Waals surface area contributed by atoms with Crippen molar-refractivity contribution in [3.63, 3.8) is 0 Å². The zero-order valence-corrected chi connectivity index (χ0v) is 10.7. The highest BCUT2D eigenvalue weighted by Crippen LogP contribution is 2.32. The number of likely N-dealkylation sites (N-methyl/N-ethyl adjacent to an activating group) is 1. The molecule has 98 valence electrons. The summed E-state index contributed by atoms with van der Waals surface area (Å²) in [7, 11) is 1.91. The number of amides is 1. The number of fused-ring (bicyclic) bond motifs is 1. The summed E-state index contributed by atoms with van der Waals surface area (Å²) in [5.41, 5.74) is 0.730. The molecule has 1 aliphatic heterocycles. The Morgan fingerprint density at radius 2 is 2.06 bits per heavy atom. The largest absolute Gasteiger partial charge is 0.486 e. The summed E-state index contributed by atoms with van der Waals surface area (Å²) in [4.78, 5) is 13.7. The number of carbonyl (C=O) groups excluding carboxylic acids is 1. The van der Waals surface area contributed by atoms with E-state index >= 15 is 0 Å². The van der Waals surface area contributed by atoms with Gasteiger partial charge in [0, 0.05) is 11.8 Å². The van der Waals surface area contributed by atoms with Crippen LogP contribution in [0.15, 0.2) is 18.2 Å². The summed E-state index contributed by atoms with van der Waals surface area (Å²) in [6, 6.07) is 5.42. The monoisotopic (exact) mass is 250 g/mol. The van der Waals surface area contributed by atoms with Gasteiger partial charge < -0.3 is 14.8 Å². The molecule has 0 radical (unpaired) electrons. The molecule has 18 heavy (non-hydrogen) atoms. The molecule has 0 fully saturated rings. The molecule has 1 N–H and O–H groups in total. The molecule has 0 aliphatic carbocycles. The van der Waals surface area contributed by atoms with Crippen molar-refractivity contribution in [3.8, 4) is 11.5 Å². The fraction of sp³-hybridized carbons (Fsp3) is 0.462. The van der Waals surface area contributed by atoms with Gasteiger partial charge in [-0.2, -0.15) is 0 Å². The maximum absolute atomic E-state index is 11.7. The second-order valence-corrected chi connectivity index (χ2v) is 4.24. The molecule has 1 aliphatic rings. The minimum Gasteiger partial charge on any atom is -0.486 e. The van der Waals surface area contributed by atoms with Crippen LogP contribution < -0.4 is 14.8 Å². The Bertz CT molecular complexity index is 434. The van der Waals surface area contributed by atoms with Crippen molar-refractivity contribution < 1.29 is 14.3 Å².